The van der Waals surface area contributed by atoms with Crippen LogP contribution in [-0.2, 0) is 13.0 Å². The van der Waals surface area contributed by atoms with Gasteiger partial charge in [0.2, 0.25) is 0 Å². The lowest BCUT2D eigenvalue weighted by Crippen LogP contribution is -2.49. The molecule has 34 heavy (non-hydrogen) atoms. The molecular formula is C27H29N5O2. The summed E-state index contributed by atoms with van der Waals surface area (Å²) in [6.07, 6.45) is 4.63. The van der Waals surface area contributed by atoms with Crippen LogP contribution in [0.5, 0.6) is 0 Å². The van der Waals surface area contributed by atoms with Gasteiger partial charge in [-0.05, 0) is 31.0 Å². The maximum absolute atomic E-state index is 13.6. The Morgan fingerprint density at radius 3 is 2.26 bits per heavy atom. The summed E-state index contributed by atoms with van der Waals surface area (Å²) in [5.74, 6) is -0.0618. The molecule has 0 radical (unpaired) electrons. The van der Waals surface area contributed by atoms with E-state index < -0.39 is 0 Å². The minimum absolute atomic E-state index is 0.0618. The van der Waals surface area contributed by atoms with Crippen LogP contribution in [0, 0.1) is 0 Å². The fourth-order valence-corrected chi connectivity index (χ4v) is 4.52. The minimum Gasteiger partial charge on any atom is -0.353 e. The maximum atomic E-state index is 13.6. The molecule has 0 spiro atoms. The largest absolute Gasteiger partial charge is 0.353 e. The van der Waals surface area contributed by atoms with Gasteiger partial charge in [0.25, 0.3) is 11.5 Å². The first-order valence-corrected chi connectivity index (χ1v) is 11.9. The van der Waals surface area contributed by atoms with Crippen LogP contribution in [-0.4, -0.2) is 62.8 Å². The Balaban J connectivity index is 1.35. The Morgan fingerprint density at radius 1 is 0.912 bits per heavy atom. The third-order valence-corrected chi connectivity index (χ3v) is 6.54. The highest BCUT2D eigenvalue weighted by atomic mass is 16.2. The van der Waals surface area contributed by atoms with Crippen molar-refractivity contribution in [2.75, 3.05) is 32.7 Å². The molecule has 0 aliphatic carbocycles. The number of carbonyl (C=O) groups is 1. The van der Waals surface area contributed by atoms with E-state index in [1.54, 1.807) is 6.20 Å². The second-order valence-electron chi connectivity index (χ2n) is 8.69. The van der Waals surface area contributed by atoms with Crippen molar-refractivity contribution in [1.82, 2.24) is 24.1 Å². The molecule has 3 aliphatic heterocycles. The molecule has 0 unspecified atom stereocenters. The van der Waals surface area contributed by atoms with Gasteiger partial charge in [0.1, 0.15) is 5.69 Å². The van der Waals surface area contributed by atoms with Gasteiger partial charge in [-0.15, -0.1) is 0 Å². The summed E-state index contributed by atoms with van der Waals surface area (Å²) in [4.78, 5) is 31.0. The van der Waals surface area contributed by atoms with E-state index in [0.717, 1.165) is 26.1 Å². The summed E-state index contributed by atoms with van der Waals surface area (Å²) in [6.45, 7) is 6.66. The van der Waals surface area contributed by atoms with Crippen molar-refractivity contribution in [2.24, 2.45) is 0 Å². The van der Waals surface area contributed by atoms with Crippen LogP contribution in [0.3, 0.4) is 0 Å². The van der Waals surface area contributed by atoms with E-state index in [-0.39, 0.29) is 11.5 Å². The molecule has 3 aliphatic rings. The average molecular weight is 456 g/mol. The number of hydrogen-bond donors (Lipinski definition) is 0. The number of piperazine rings is 1. The monoisotopic (exact) mass is 455 g/mol. The molecule has 0 N–H and O–H groups in total. The van der Waals surface area contributed by atoms with Gasteiger partial charge in [-0.3, -0.25) is 14.5 Å². The van der Waals surface area contributed by atoms with Gasteiger partial charge >= 0.3 is 0 Å². The smallest absolute Gasteiger partial charge is 0.282 e. The van der Waals surface area contributed by atoms with Crippen molar-refractivity contribution in [2.45, 2.75) is 19.9 Å². The van der Waals surface area contributed by atoms with Gasteiger partial charge in [0, 0.05) is 51.7 Å². The fourth-order valence-electron chi connectivity index (χ4n) is 4.52. The SMILES string of the molecule is CCn1cc(C(=O)N2CCN(CCc3ccccc3)CC2)c2nn(-c3ccccc3)c(=O)c-2c1. The predicted molar refractivity (Wildman–Crippen MR) is 133 cm³/mol. The van der Waals surface area contributed by atoms with Crippen molar-refractivity contribution in [3.05, 3.63) is 94.5 Å². The molecule has 0 bridgehead atoms. The highest BCUT2D eigenvalue weighted by Crippen LogP contribution is 2.24. The summed E-state index contributed by atoms with van der Waals surface area (Å²) >= 11 is 0. The molecule has 1 amide bonds. The molecular weight excluding hydrogens is 426 g/mol. The van der Waals surface area contributed by atoms with Crippen LogP contribution in [0.15, 0.2) is 77.9 Å². The third kappa shape index (κ3) is 4.39. The van der Waals surface area contributed by atoms with E-state index in [4.69, 9.17) is 0 Å². The Bertz CT molecular complexity index is 1290. The predicted octanol–water partition coefficient (Wildman–Crippen LogP) is 3.16. The second-order valence-corrected chi connectivity index (χ2v) is 8.69. The lowest BCUT2D eigenvalue weighted by Gasteiger charge is -2.35. The zero-order valence-electron chi connectivity index (χ0n) is 19.4. The van der Waals surface area contributed by atoms with E-state index >= 15 is 0 Å². The summed E-state index contributed by atoms with van der Waals surface area (Å²) in [5, 5.41) is 4.58. The number of para-hydroxylation sites is 1. The van der Waals surface area contributed by atoms with E-state index in [1.807, 2.05) is 59.0 Å². The maximum Gasteiger partial charge on any atom is 0.282 e. The normalized spacial score (nSPS) is 14.6. The van der Waals surface area contributed by atoms with Crippen molar-refractivity contribution in [3.8, 4) is 16.9 Å². The van der Waals surface area contributed by atoms with Crippen LogP contribution in [0.1, 0.15) is 22.8 Å². The lowest BCUT2D eigenvalue weighted by atomic mass is 10.1. The van der Waals surface area contributed by atoms with Gasteiger partial charge in [-0.2, -0.15) is 9.78 Å². The number of rotatable bonds is 6. The molecule has 7 nitrogen and oxygen atoms in total. The van der Waals surface area contributed by atoms with Crippen LogP contribution in [0.25, 0.3) is 16.9 Å². The number of carbonyl (C=O) groups excluding carboxylic acids is 1. The number of aryl methyl sites for hydroxylation is 1. The first kappa shape index (κ1) is 22.1. The first-order chi connectivity index (χ1) is 16.6. The molecule has 7 heteroatoms. The number of nitrogens with zero attached hydrogens (tertiary/aromatic N) is 5. The molecule has 2 aromatic rings. The number of aromatic nitrogens is 3. The van der Waals surface area contributed by atoms with Gasteiger partial charge in [0.15, 0.2) is 0 Å². The summed E-state index contributed by atoms with van der Waals surface area (Å²) in [7, 11) is 0. The lowest BCUT2D eigenvalue weighted by molar-refractivity contribution is 0.0638. The van der Waals surface area contributed by atoms with Gasteiger partial charge < -0.3 is 9.47 Å². The molecule has 0 aromatic heterocycles. The molecule has 3 heterocycles. The van der Waals surface area contributed by atoms with Crippen molar-refractivity contribution >= 4 is 5.91 Å². The Hall–Kier alpha value is -3.71. The summed E-state index contributed by atoms with van der Waals surface area (Å²) in [6, 6.07) is 19.8. The average Bonchev–Trinajstić information content (AvgIpc) is 3.24. The second kappa shape index (κ2) is 9.65. The number of amides is 1. The molecule has 5 rings (SSSR count). The van der Waals surface area contributed by atoms with Crippen LogP contribution < -0.4 is 5.56 Å². The van der Waals surface area contributed by atoms with Gasteiger partial charge in [0.05, 0.1) is 16.8 Å². The molecule has 1 saturated heterocycles. The fraction of sp³-hybridized carbons (Fsp3) is 0.296. The van der Waals surface area contributed by atoms with E-state index in [1.165, 1.54) is 10.2 Å². The van der Waals surface area contributed by atoms with Crippen LogP contribution >= 0.6 is 0 Å². The first-order valence-electron chi connectivity index (χ1n) is 11.9. The van der Waals surface area contributed by atoms with E-state index in [9.17, 15) is 9.59 Å². The van der Waals surface area contributed by atoms with Crippen LogP contribution in [0.2, 0.25) is 0 Å². The van der Waals surface area contributed by atoms with Crippen molar-refractivity contribution in [3.63, 3.8) is 0 Å². The quantitative estimate of drug-likeness (QED) is 0.448. The number of hydrogen-bond acceptors (Lipinski definition) is 4. The zero-order chi connectivity index (χ0) is 23.5. The Kier molecular flexibility index (Phi) is 6.27. The molecule has 174 valence electrons. The molecule has 1 fully saturated rings. The minimum atomic E-state index is -0.205. The van der Waals surface area contributed by atoms with Crippen molar-refractivity contribution < 1.29 is 4.79 Å². The van der Waals surface area contributed by atoms with E-state index in [2.05, 4.69) is 34.3 Å². The Morgan fingerprint density at radius 2 is 1.59 bits per heavy atom. The standard InChI is InChI=1S/C27H29N5O2/c1-2-29-19-23(25-24(20-29)27(34)32(28-25)22-11-7-4-8-12-22)26(33)31-17-15-30(16-18-31)14-13-21-9-5-3-6-10-21/h3-12,19-20H,2,13-18H2,1H3. The Labute approximate surface area is 199 Å². The summed E-state index contributed by atoms with van der Waals surface area (Å²) < 4.78 is 3.28. The molecule has 0 atom stereocenters. The summed E-state index contributed by atoms with van der Waals surface area (Å²) in [5.41, 5.74) is 3.25. The third-order valence-electron chi connectivity index (χ3n) is 6.54. The molecule has 0 saturated carbocycles. The number of benzene rings is 2. The van der Waals surface area contributed by atoms with Gasteiger partial charge in [-0.1, -0.05) is 48.5 Å². The van der Waals surface area contributed by atoms with Crippen molar-refractivity contribution in [1.29, 1.82) is 0 Å². The molecule has 2 aromatic carbocycles. The highest BCUT2D eigenvalue weighted by molar-refractivity contribution is 6.00. The number of pyridine rings is 1. The van der Waals surface area contributed by atoms with E-state index in [0.29, 0.717) is 42.1 Å². The van der Waals surface area contributed by atoms with Gasteiger partial charge in [-0.25, -0.2) is 0 Å². The van der Waals surface area contributed by atoms with Crippen LogP contribution in [0.4, 0.5) is 0 Å². The zero-order valence-corrected chi connectivity index (χ0v) is 19.4. The number of fused-ring (bicyclic) bond motifs is 1. The highest BCUT2D eigenvalue weighted by Gasteiger charge is 2.29. The topological polar surface area (TPSA) is 63.4 Å².